The molecular formula is C20H20FN5O. The summed E-state index contributed by atoms with van der Waals surface area (Å²) in [5.74, 6) is 0.0174. The van der Waals surface area contributed by atoms with Crippen molar-refractivity contribution in [3.05, 3.63) is 54.2 Å². The number of amides is 1. The van der Waals surface area contributed by atoms with Crippen LogP contribution >= 0.6 is 0 Å². The van der Waals surface area contributed by atoms with E-state index in [1.54, 1.807) is 29.3 Å². The Hall–Kier alpha value is -2.93. The molecule has 0 bridgehead atoms. The maximum Gasteiger partial charge on any atom is 0.256 e. The Bertz CT molecular complexity index is 970. The second-order valence-corrected chi connectivity index (χ2v) is 6.73. The van der Waals surface area contributed by atoms with Gasteiger partial charge >= 0.3 is 0 Å². The summed E-state index contributed by atoms with van der Waals surface area (Å²) in [5, 5.41) is 3.98. The number of fused-ring (bicyclic) bond motifs is 1. The molecule has 1 aliphatic rings. The van der Waals surface area contributed by atoms with Crippen LogP contribution in [0.5, 0.6) is 0 Å². The Morgan fingerprint density at radius 2 is 1.89 bits per heavy atom. The number of rotatable bonds is 3. The van der Waals surface area contributed by atoms with E-state index in [-0.39, 0.29) is 17.8 Å². The van der Waals surface area contributed by atoms with Gasteiger partial charge in [0.2, 0.25) is 0 Å². The van der Waals surface area contributed by atoms with Gasteiger partial charge in [-0.25, -0.2) is 14.4 Å². The monoisotopic (exact) mass is 365 g/mol. The van der Waals surface area contributed by atoms with E-state index < -0.39 is 0 Å². The second kappa shape index (κ2) is 7.36. The van der Waals surface area contributed by atoms with Crippen LogP contribution in [0.25, 0.3) is 22.3 Å². The summed E-state index contributed by atoms with van der Waals surface area (Å²) in [6, 6.07) is 6.84. The van der Waals surface area contributed by atoms with E-state index in [1.165, 1.54) is 18.5 Å². The van der Waals surface area contributed by atoms with Crippen LogP contribution < -0.4 is 5.32 Å². The normalized spacial score (nSPS) is 15.0. The SMILES string of the molecule is CN(C(=O)c1cnc(-c2cnc3c(F)cccc3c2)nc1)C1CCNCC1. The van der Waals surface area contributed by atoms with Crippen molar-refractivity contribution in [2.24, 2.45) is 0 Å². The van der Waals surface area contributed by atoms with Gasteiger partial charge in [-0.1, -0.05) is 12.1 Å². The standard InChI is InChI=1S/C20H20FN5O/c1-26(16-5-7-22-8-6-16)20(27)15-11-24-19(25-12-15)14-9-13-3-2-4-17(21)18(13)23-10-14/h2-4,9-12,16,22H,5-8H2,1H3. The number of nitrogens with one attached hydrogen (secondary N) is 1. The van der Waals surface area contributed by atoms with Crippen molar-refractivity contribution in [2.75, 3.05) is 20.1 Å². The molecule has 1 saturated heterocycles. The number of halogens is 1. The van der Waals surface area contributed by atoms with E-state index in [2.05, 4.69) is 20.3 Å². The summed E-state index contributed by atoms with van der Waals surface area (Å²) in [6.07, 6.45) is 6.51. The molecule has 3 aromatic rings. The first kappa shape index (κ1) is 17.5. The number of aromatic nitrogens is 3. The molecule has 7 heteroatoms. The minimum absolute atomic E-state index is 0.0767. The molecule has 1 aromatic carbocycles. The van der Waals surface area contributed by atoms with Gasteiger partial charge in [-0.05, 0) is 38.1 Å². The summed E-state index contributed by atoms with van der Waals surface area (Å²) in [6.45, 7) is 1.85. The number of nitrogens with zero attached hydrogens (tertiary/aromatic N) is 4. The molecule has 6 nitrogen and oxygen atoms in total. The summed E-state index contributed by atoms with van der Waals surface area (Å²) in [5.41, 5.74) is 1.45. The predicted molar refractivity (Wildman–Crippen MR) is 101 cm³/mol. The molecule has 138 valence electrons. The van der Waals surface area contributed by atoms with Crippen LogP contribution in [0.2, 0.25) is 0 Å². The fraction of sp³-hybridized carbons (Fsp3) is 0.300. The Morgan fingerprint density at radius 1 is 1.15 bits per heavy atom. The average Bonchev–Trinajstić information content (AvgIpc) is 2.73. The van der Waals surface area contributed by atoms with E-state index in [0.29, 0.717) is 27.9 Å². The van der Waals surface area contributed by atoms with Gasteiger partial charge in [0, 0.05) is 42.6 Å². The van der Waals surface area contributed by atoms with Gasteiger partial charge in [0.05, 0.1) is 5.56 Å². The Balaban J connectivity index is 1.56. The molecule has 0 spiro atoms. The third kappa shape index (κ3) is 3.50. The second-order valence-electron chi connectivity index (χ2n) is 6.73. The molecule has 0 radical (unpaired) electrons. The summed E-state index contributed by atoms with van der Waals surface area (Å²) in [4.78, 5) is 27.3. The Labute approximate surface area is 156 Å². The van der Waals surface area contributed by atoms with Crippen molar-refractivity contribution in [3.8, 4) is 11.4 Å². The maximum atomic E-state index is 13.8. The van der Waals surface area contributed by atoms with E-state index in [1.807, 2.05) is 7.05 Å². The number of carbonyl (C=O) groups is 1. The molecule has 3 heterocycles. The summed E-state index contributed by atoms with van der Waals surface area (Å²) < 4.78 is 13.8. The molecule has 0 atom stereocenters. The smallest absolute Gasteiger partial charge is 0.256 e. The highest BCUT2D eigenvalue weighted by atomic mass is 19.1. The van der Waals surface area contributed by atoms with Crippen molar-refractivity contribution >= 4 is 16.8 Å². The van der Waals surface area contributed by atoms with Crippen LogP contribution in [0.4, 0.5) is 4.39 Å². The number of carbonyl (C=O) groups excluding carboxylic acids is 1. The highest BCUT2D eigenvalue weighted by molar-refractivity contribution is 5.94. The van der Waals surface area contributed by atoms with E-state index in [4.69, 9.17) is 0 Å². The molecule has 1 amide bonds. The highest BCUT2D eigenvalue weighted by Gasteiger charge is 2.23. The fourth-order valence-electron chi connectivity index (χ4n) is 3.40. The number of hydrogen-bond acceptors (Lipinski definition) is 5. The molecule has 1 aliphatic heterocycles. The lowest BCUT2D eigenvalue weighted by atomic mass is 10.0. The quantitative estimate of drug-likeness (QED) is 0.773. The number of hydrogen-bond donors (Lipinski definition) is 1. The zero-order valence-corrected chi connectivity index (χ0v) is 15.0. The van der Waals surface area contributed by atoms with Crippen LogP contribution in [0.15, 0.2) is 42.9 Å². The molecule has 4 rings (SSSR count). The predicted octanol–water partition coefficient (Wildman–Crippen LogP) is 2.65. The minimum atomic E-state index is -0.359. The van der Waals surface area contributed by atoms with Crippen molar-refractivity contribution < 1.29 is 9.18 Å². The summed E-state index contributed by atoms with van der Waals surface area (Å²) >= 11 is 0. The fourth-order valence-corrected chi connectivity index (χ4v) is 3.40. The van der Waals surface area contributed by atoms with Crippen molar-refractivity contribution in [1.29, 1.82) is 0 Å². The third-order valence-corrected chi connectivity index (χ3v) is 5.00. The molecule has 0 saturated carbocycles. The number of piperidine rings is 1. The molecule has 27 heavy (non-hydrogen) atoms. The Morgan fingerprint density at radius 3 is 2.63 bits per heavy atom. The molecule has 2 aromatic heterocycles. The number of benzene rings is 1. The topological polar surface area (TPSA) is 71.0 Å². The van der Waals surface area contributed by atoms with Crippen LogP contribution in [-0.2, 0) is 0 Å². The zero-order chi connectivity index (χ0) is 18.8. The highest BCUT2D eigenvalue weighted by Crippen LogP contribution is 2.22. The molecule has 0 unspecified atom stereocenters. The van der Waals surface area contributed by atoms with Gasteiger partial charge in [0.25, 0.3) is 5.91 Å². The van der Waals surface area contributed by atoms with E-state index in [9.17, 15) is 9.18 Å². The van der Waals surface area contributed by atoms with Crippen LogP contribution in [0, 0.1) is 5.82 Å². The average molecular weight is 365 g/mol. The first-order valence-electron chi connectivity index (χ1n) is 8.98. The van der Waals surface area contributed by atoms with Gasteiger partial charge in [-0.2, -0.15) is 0 Å². The van der Waals surface area contributed by atoms with Gasteiger partial charge in [-0.3, -0.25) is 9.78 Å². The molecular weight excluding hydrogens is 345 g/mol. The maximum absolute atomic E-state index is 13.8. The van der Waals surface area contributed by atoms with Crippen molar-refractivity contribution in [2.45, 2.75) is 18.9 Å². The lowest BCUT2D eigenvalue weighted by Crippen LogP contribution is -2.44. The van der Waals surface area contributed by atoms with Crippen molar-refractivity contribution in [1.82, 2.24) is 25.2 Å². The lowest BCUT2D eigenvalue weighted by Gasteiger charge is -2.31. The third-order valence-electron chi connectivity index (χ3n) is 5.00. The Kier molecular flexibility index (Phi) is 4.77. The van der Waals surface area contributed by atoms with Crippen LogP contribution in [-0.4, -0.2) is 51.9 Å². The number of pyridine rings is 1. The zero-order valence-electron chi connectivity index (χ0n) is 15.0. The lowest BCUT2D eigenvalue weighted by molar-refractivity contribution is 0.0702. The molecule has 1 N–H and O–H groups in total. The van der Waals surface area contributed by atoms with Crippen LogP contribution in [0.3, 0.4) is 0 Å². The minimum Gasteiger partial charge on any atom is -0.339 e. The van der Waals surface area contributed by atoms with Gasteiger partial charge < -0.3 is 10.2 Å². The van der Waals surface area contributed by atoms with E-state index >= 15 is 0 Å². The first-order chi connectivity index (χ1) is 13.1. The van der Waals surface area contributed by atoms with Crippen molar-refractivity contribution in [3.63, 3.8) is 0 Å². The van der Waals surface area contributed by atoms with Gasteiger partial charge in [0.15, 0.2) is 5.82 Å². The molecule has 0 aliphatic carbocycles. The van der Waals surface area contributed by atoms with Crippen LogP contribution in [0.1, 0.15) is 23.2 Å². The first-order valence-corrected chi connectivity index (χ1v) is 8.98. The molecule has 1 fully saturated rings. The van der Waals surface area contributed by atoms with Gasteiger partial charge in [-0.15, -0.1) is 0 Å². The summed E-state index contributed by atoms with van der Waals surface area (Å²) in [7, 11) is 1.83. The largest absolute Gasteiger partial charge is 0.339 e. The van der Waals surface area contributed by atoms with Gasteiger partial charge in [0.1, 0.15) is 11.3 Å². The number of para-hydroxylation sites is 1. The van der Waals surface area contributed by atoms with E-state index in [0.717, 1.165) is 25.9 Å².